The molecule has 0 aliphatic heterocycles. The summed E-state index contributed by atoms with van der Waals surface area (Å²) >= 11 is 0. The zero-order valence-corrected chi connectivity index (χ0v) is 9.88. The van der Waals surface area contributed by atoms with E-state index in [0.717, 1.165) is 19.3 Å². The number of hydrogen-bond acceptors (Lipinski definition) is 2. The summed E-state index contributed by atoms with van der Waals surface area (Å²) in [7, 11) is 0. The zero-order valence-electron chi connectivity index (χ0n) is 9.88. The maximum Gasteiger partial charge on any atom is 0.183 e. The standard InChI is InChI=1S/C15H18O2/c16-14-8-4-7-13(9-10-15(14)17)11-12-5-2-1-3-6-12/h1-6,8,13,15,17H,7,9-11H2/b8-4-. The lowest BCUT2D eigenvalue weighted by atomic mass is 9.88. The van der Waals surface area contributed by atoms with Gasteiger partial charge in [-0.15, -0.1) is 0 Å². The Hall–Kier alpha value is -1.41. The smallest absolute Gasteiger partial charge is 0.183 e. The molecule has 1 aromatic carbocycles. The minimum Gasteiger partial charge on any atom is -0.385 e. The highest BCUT2D eigenvalue weighted by Gasteiger charge is 2.18. The molecule has 0 fully saturated rings. The van der Waals surface area contributed by atoms with Crippen molar-refractivity contribution >= 4 is 5.78 Å². The number of benzene rings is 1. The third-order valence-electron chi connectivity index (χ3n) is 3.30. The van der Waals surface area contributed by atoms with Crippen LogP contribution in [0.4, 0.5) is 0 Å². The van der Waals surface area contributed by atoms with Crippen molar-refractivity contribution in [2.24, 2.45) is 5.92 Å². The second-order valence-electron chi connectivity index (χ2n) is 4.69. The number of carbonyl (C=O) groups is 1. The van der Waals surface area contributed by atoms with E-state index in [9.17, 15) is 9.90 Å². The molecule has 0 amide bonds. The molecule has 2 atom stereocenters. The Morgan fingerprint density at radius 1 is 1.18 bits per heavy atom. The molecule has 2 unspecified atom stereocenters. The fraction of sp³-hybridized carbons (Fsp3) is 0.400. The van der Waals surface area contributed by atoms with Gasteiger partial charge in [0.05, 0.1) is 0 Å². The SMILES string of the molecule is O=C1/C=C\CC(Cc2ccccc2)CCC1O. The van der Waals surface area contributed by atoms with E-state index in [2.05, 4.69) is 12.1 Å². The van der Waals surface area contributed by atoms with E-state index >= 15 is 0 Å². The largest absolute Gasteiger partial charge is 0.385 e. The Balaban J connectivity index is 1.98. The van der Waals surface area contributed by atoms with Crippen molar-refractivity contribution in [1.29, 1.82) is 0 Å². The second kappa shape index (κ2) is 5.78. The number of rotatable bonds is 2. The van der Waals surface area contributed by atoms with Crippen molar-refractivity contribution in [2.75, 3.05) is 0 Å². The fourth-order valence-electron chi connectivity index (χ4n) is 2.27. The summed E-state index contributed by atoms with van der Waals surface area (Å²) in [5.74, 6) is 0.375. The highest BCUT2D eigenvalue weighted by atomic mass is 16.3. The number of hydrogen-bond donors (Lipinski definition) is 1. The Labute approximate surface area is 102 Å². The maximum atomic E-state index is 11.3. The lowest BCUT2D eigenvalue weighted by Crippen LogP contribution is -2.21. The molecule has 1 aromatic rings. The summed E-state index contributed by atoms with van der Waals surface area (Å²) in [6, 6.07) is 10.4. The van der Waals surface area contributed by atoms with Gasteiger partial charge in [-0.3, -0.25) is 4.79 Å². The summed E-state index contributed by atoms with van der Waals surface area (Å²) in [5.41, 5.74) is 1.33. The second-order valence-corrected chi connectivity index (χ2v) is 4.69. The van der Waals surface area contributed by atoms with Crippen LogP contribution in [0.2, 0.25) is 0 Å². The van der Waals surface area contributed by atoms with Gasteiger partial charge < -0.3 is 5.11 Å². The van der Waals surface area contributed by atoms with Crippen LogP contribution in [-0.2, 0) is 11.2 Å². The number of allylic oxidation sites excluding steroid dienone is 1. The third kappa shape index (κ3) is 3.53. The van der Waals surface area contributed by atoms with Crippen LogP contribution in [0.25, 0.3) is 0 Å². The molecule has 0 heterocycles. The Bertz CT molecular complexity index is 395. The molecule has 0 saturated heterocycles. The molecular weight excluding hydrogens is 212 g/mol. The first kappa shape index (κ1) is 12.1. The van der Waals surface area contributed by atoms with Crippen LogP contribution in [0.15, 0.2) is 42.5 Å². The number of aliphatic hydroxyl groups is 1. The predicted molar refractivity (Wildman–Crippen MR) is 67.6 cm³/mol. The Morgan fingerprint density at radius 2 is 1.94 bits per heavy atom. The summed E-state index contributed by atoms with van der Waals surface area (Å²) in [6.07, 6.45) is 6.07. The molecule has 17 heavy (non-hydrogen) atoms. The molecule has 90 valence electrons. The first-order valence-corrected chi connectivity index (χ1v) is 6.18. The average molecular weight is 230 g/mol. The van der Waals surface area contributed by atoms with Crippen molar-refractivity contribution in [3.05, 3.63) is 48.0 Å². The van der Waals surface area contributed by atoms with Crippen molar-refractivity contribution in [3.63, 3.8) is 0 Å². The monoisotopic (exact) mass is 230 g/mol. The number of ketones is 1. The van der Waals surface area contributed by atoms with Crippen LogP contribution >= 0.6 is 0 Å². The first-order chi connectivity index (χ1) is 8.25. The molecule has 1 aliphatic rings. The van der Waals surface area contributed by atoms with Crippen LogP contribution in [0.5, 0.6) is 0 Å². The van der Waals surface area contributed by atoms with Gasteiger partial charge in [0, 0.05) is 0 Å². The highest BCUT2D eigenvalue weighted by Crippen LogP contribution is 2.21. The van der Waals surface area contributed by atoms with Crippen molar-refractivity contribution in [1.82, 2.24) is 0 Å². The maximum absolute atomic E-state index is 11.3. The van der Waals surface area contributed by atoms with Gasteiger partial charge in [-0.05, 0) is 43.2 Å². The molecular formula is C15H18O2. The summed E-state index contributed by atoms with van der Waals surface area (Å²) in [5, 5.41) is 9.57. The van der Waals surface area contributed by atoms with Crippen molar-refractivity contribution < 1.29 is 9.90 Å². The van der Waals surface area contributed by atoms with Gasteiger partial charge in [-0.2, -0.15) is 0 Å². The molecule has 0 bridgehead atoms. The predicted octanol–water partition coefficient (Wildman–Crippen LogP) is 2.52. The van der Waals surface area contributed by atoms with E-state index in [1.54, 1.807) is 0 Å². The van der Waals surface area contributed by atoms with E-state index in [-0.39, 0.29) is 5.78 Å². The normalized spacial score (nSPS) is 27.2. The fourth-order valence-corrected chi connectivity index (χ4v) is 2.27. The van der Waals surface area contributed by atoms with Crippen LogP contribution in [-0.4, -0.2) is 17.0 Å². The molecule has 1 N–H and O–H groups in total. The van der Waals surface area contributed by atoms with Crippen LogP contribution in [0.1, 0.15) is 24.8 Å². The first-order valence-electron chi connectivity index (χ1n) is 6.18. The Morgan fingerprint density at radius 3 is 2.71 bits per heavy atom. The minimum atomic E-state index is -0.801. The van der Waals surface area contributed by atoms with Crippen molar-refractivity contribution in [3.8, 4) is 0 Å². The molecule has 2 nitrogen and oxygen atoms in total. The van der Waals surface area contributed by atoms with Gasteiger partial charge in [-0.25, -0.2) is 0 Å². The van der Waals surface area contributed by atoms with Gasteiger partial charge in [0.15, 0.2) is 5.78 Å². The summed E-state index contributed by atoms with van der Waals surface area (Å²) in [6.45, 7) is 0. The molecule has 1 aliphatic carbocycles. The van der Waals surface area contributed by atoms with Crippen LogP contribution in [0.3, 0.4) is 0 Å². The molecule has 0 aromatic heterocycles. The Kier molecular flexibility index (Phi) is 4.10. The van der Waals surface area contributed by atoms with E-state index in [1.165, 1.54) is 11.6 Å². The van der Waals surface area contributed by atoms with Crippen molar-refractivity contribution in [2.45, 2.75) is 31.8 Å². The minimum absolute atomic E-state index is 0.150. The highest BCUT2D eigenvalue weighted by molar-refractivity contribution is 5.93. The molecule has 2 rings (SSSR count). The number of aliphatic hydroxyl groups excluding tert-OH is 1. The zero-order chi connectivity index (χ0) is 12.1. The van der Waals surface area contributed by atoms with Gasteiger partial charge in [-0.1, -0.05) is 36.4 Å². The molecule has 2 heteroatoms. The average Bonchev–Trinajstić information content (AvgIpc) is 2.35. The lowest BCUT2D eigenvalue weighted by Gasteiger charge is -2.18. The quantitative estimate of drug-likeness (QED) is 0.847. The van der Waals surface area contributed by atoms with Gasteiger partial charge in [0.1, 0.15) is 6.10 Å². The topological polar surface area (TPSA) is 37.3 Å². The van der Waals surface area contributed by atoms with Crippen LogP contribution in [0, 0.1) is 5.92 Å². The van der Waals surface area contributed by atoms with Gasteiger partial charge in [0.2, 0.25) is 0 Å². The number of carbonyl (C=O) groups excluding carboxylic acids is 1. The molecule has 0 radical (unpaired) electrons. The van der Waals surface area contributed by atoms with E-state index in [0.29, 0.717) is 12.3 Å². The van der Waals surface area contributed by atoms with E-state index in [1.807, 2.05) is 24.3 Å². The molecule has 0 saturated carbocycles. The van der Waals surface area contributed by atoms with E-state index in [4.69, 9.17) is 0 Å². The summed E-state index contributed by atoms with van der Waals surface area (Å²) in [4.78, 5) is 11.3. The molecule has 0 spiro atoms. The van der Waals surface area contributed by atoms with Gasteiger partial charge in [0.25, 0.3) is 0 Å². The summed E-state index contributed by atoms with van der Waals surface area (Å²) < 4.78 is 0. The van der Waals surface area contributed by atoms with E-state index < -0.39 is 6.10 Å². The van der Waals surface area contributed by atoms with Crippen LogP contribution < -0.4 is 0 Å². The third-order valence-corrected chi connectivity index (χ3v) is 3.30. The van der Waals surface area contributed by atoms with Gasteiger partial charge >= 0.3 is 0 Å². The lowest BCUT2D eigenvalue weighted by molar-refractivity contribution is -0.122.